The second-order valence-electron chi connectivity index (χ2n) is 8.28. The molecule has 1 aromatic carbocycles. The zero-order chi connectivity index (χ0) is 23.4. The number of benzene rings is 1. The number of methoxy groups -OCH3 is 1. The van der Waals surface area contributed by atoms with E-state index in [1.54, 1.807) is 23.0 Å². The molecule has 0 bridgehead atoms. The summed E-state index contributed by atoms with van der Waals surface area (Å²) in [5.41, 5.74) is 4.03. The van der Waals surface area contributed by atoms with Crippen molar-refractivity contribution in [3.63, 3.8) is 0 Å². The number of aromatic nitrogens is 3. The predicted octanol–water partition coefficient (Wildman–Crippen LogP) is 3.06. The average Bonchev–Trinajstić information content (AvgIpc) is 2.83. The normalized spacial score (nSPS) is 15.9. The first-order valence-corrected chi connectivity index (χ1v) is 11.0. The molecule has 0 N–H and O–H groups in total. The van der Waals surface area contributed by atoms with Crippen molar-refractivity contribution in [2.75, 3.05) is 45.8 Å². The number of hydrogen-bond donors (Lipinski definition) is 0. The highest BCUT2D eigenvalue weighted by Crippen LogP contribution is 2.23. The molecule has 8 nitrogen and oxygen atoms in total. The standard InChI is InChI=1S/C25H29N5O3/c1-17-13-22(28-25(26-17)29(2)3)24(31)30-11-12-33-23(16-30)21-10-6-8-19(27-21)14-18-7-5-9-20(15-18)32-4/h5-10,13,15,23H,11-12,14,16H2,1-4H3. The molecule has 1 amide bonds. The number of carbonyl (C=O) groups is 1. The number of carbonyl (C=O) groups excluding carboxylic acids is 1. The summed E-state index contributed by atoms with van der Waals surface area (Å²) in [5, 5.41) is 0. The lowest BCUT2D eigenvalue weighted by atomic mass is 10.1. The van der Waals surface area contributed by atoms with Crippen molar-refractivity contribution < 1.29 is 14.3 Å². The zero-order valence-corrected chi connectivity index (χ0v) is 19.5. The van der Waals surface area contributed by atoms with Crippen LogP contribution in [0.5, 0.6) is 5.75 Å². The van der Waals surface area contributed by atoms with Gasteiger partial charge in [-0.3, -0.25) is 9.78 Å². The van der Waals surface area contributed by atoms with Crippen LogP contribution in [0.1, 0.15) is 39.2 Å². The molecule has 4 rings (SSSR count). The van der Waals surface area contributed by atoms with Crippen LogP contribution in [0.2, 0.25) is 0 Å². The summed E-state index contributed by atoms with van der Waals surface area (Å²) < 4.78 is 11.3. The molecule has 1 aliphatic heterocycles. The third-order valence-corrected chi connectivity index (χ3v) is 5.49. The topological polar surface area (TPSA) is 80.7 Å². The van der Waals surface area contributed by atoms with Gasteiger partial charge in [0.2, 0.25) is 5.95 Å². The number of pyridine rings is 1. The minimum atomic E-state index is -0.288. The highest BCUT2D eigenvalue weighted by molar-refractivity contribution is 5.92. The van der Waals surface area contributed by atoms with Gasteiger partial charge in [0, 0.05) is 38.4 Å². The second kappa shape index (κ2) is 9.95. The molecule has 172 valence electrons. The van der Waals surface area contributed by atoms with Crippen LogP contribution >= 0.6 is 0 Å². The van der Waals surface area contributed by atoms with Crippen LogP contribution in [0.3, 0.4) is 0 Å². The fourth-order valence-electron chi connectivity index (χ4n) is 3.80. The molecule has 3 aromatic rings. The first kappa shape index (κ1) is 22.7. The van der Waals surface area contributed by atoms with Gasteiger partial charge < -0.3 is 19.3 Å². The third kappa shape index (κ3) is 5.46. The van der Waals surface area contributed by atoms with Crippen LogP contribution in [-0.4, -0.2) is 66.7 Å². The lowest BCUT2D eigenvalue weighted by Gasteiger charge is -2.32. The first-order chi connectivity index (χ1) is 15.9. The maximum absolute atomic E-state index is 13.2. The fourth-order valence-corrected chi connectivity index (χ4v) is 3.80. The highest BCUT2D eigenvalue weighted by atomic mass is 16.5. The molecule has 2 aromatic heterocycles. The van der Waals surface area contributed by atoms with E-state index in [1.165, 1.54) is 0 Å². The number of amides is 1. The van der Waals surface area contributed by atoms with Crippen molar-refractivity contribution in [2.45, 2.75) is 19.4 Å². The molecular weight excluding hydrogens is 418 g/mol. The number of ether oxygens (including phenoxy) is 2. The Morgan fingerprint density at radius 1 is 1.15 bits per heavy atom. The Morgan fingerprint density at radius 2 is 1.97 bits per heavy atom. The van der Waals surface area contributed by atoms with E-state index in [0.717, 1.165) is 28.4 Å². The molecular formula is C25H29N5O3. The van der Waals surface area contributed by atoms with Crippen LogP contribution in [0.4, 0.5) is 5.95 Å². The average molecular weight is 448 g/mol. The Balaban J connectivity index is 1.49. The molecule has 0 aliphatic carbocycles. The summed E-state index contributed by atoms with van der Waals surface area (Å²) in [5.74, 6) is 1.23. The van der Waals surface area contributed by atoms with Gasteiger partial charge in [0.25, 0.3) is 5.91 Å². The van der Waals surface area contributed by atoms with E-state index in [-0.39, 0.29) is 12.0 Å². The van der Waals surface area contributed by atoms with Gasteiger partial charge in [0.1, 0.15) is 17.5 Å². The van der Waals surface area contributed by atoms with Gasteiger partial charge >= 0.3 is 0 Å². The molecule has 1 atom stereocenters. The maximum atomic E-state index is 13.2. The number of morpholine rings is 1. The lowest BCUT2D eigenvalue weighted by Crippen LogP contribution is -2.43. The van der Waals surface area contributed by atoms with Crippen LogP contribution in [0, 0.1) is 6.92 Å². The SMILES string of the molecule is COc1cccc(Cc2cccc(C3CN(C(=O)c4cc(C)nc(N(C)C)n4)CCO3)n2)c1. The van der Waals surface area contributed by atoms with Crippen molar-refractivity contribution in [1.82, 2.24) is 19.9 Å². The molecule has 33 heavy (non-hydrogen) atoms. The van der Waals surface area contributed by atoms with E-state index < -0.39 is 0 Å². The first-order valence-electron chi connectivity index (χ1n) is 11.0. The summed E-state index contributed by atoms with van der Waals surface area (Å²) in [7, 11) is 5.38. The number of aryl methyl sites for hydroxylation is 1. The highest BCUT2D eigenvalue weighted by Gasteiger charge is 2.28. The summed E-state index contributed by atoms with van der Waals surface area (Å²) in [6, 6.07) is 15.6. The summed E-state index contributed by atoms with van der Waals surface area (Å²) >= 11 is 0. The monoisotopic (exact) mass is 447 g/mol. The maximum Gasteiger partial charge on any atom is 0.272 e. The molecule has 1 unspecified atom stereocenters. The van der Waals surface area contributed by atoms with Gasteiger partial charge in [-0.2, -0.15) is 0 Å². The van der Waals surface area contributed by atoms with E-state index in [1.807, 2.05) is 57.4 Å². The van der Waals surface area contributed by atoms with E-state index in [0.29, 0.717) is 37.8 Å². The van der Waals surface area contributed by atoms with Gasteiger partial charge in [-0.1, -0.05) is 18.2 Å². The molecule has 0 saturated carbocycles. The minimum Gasteiger partial charge on any atom is -0.497 e. The molecule has 1 fully saturated rings. The van der Waals surface area contributed by atoms with Crippen LogP contribution < -0.4 is 9.64 Å². The van der Waals surface area contributed by atoms with Crippen LogP contribution in [-0.2, 0) is 11.2 Å². The number of anilines is 1. The molecule has 0 spiro atoms. The number of hydrogen-bond acceptors (Lipinski definition) is 7. The van der Waals surface area contributed by atoms with E-state index >= 15 is 0 Å². The van der Waals surface area contributed by atoms with Crippen molar-refractivity contribution in [3.8, 4) is 5.75 Å². The summed E-state index contributed by atoms with van der Waals surface area (Å²) in [6.45, 7) is 3.25. The smallest absolute Gasteiger partial charge is 0.272 e. The van der Waals surface area contributed by atoms with Gasteiger partial charge in [-0.15, -0.1) is 0 Å². The fraction of sp³-hybridized carbons (Fsp3) is 0.360. The lowest BCUT2D eigenvalue weighted by molar-refractivity contribution is -0.0249. The molecule has 3 heterocycles. The summed E-state index contributed by atoms with van der Waals surface area (Å²) in [6.07, 6.45) is 0.401. The van der Waals surface area contributed by atoms with Gasteiger partial charge in [-0.05, 0) is 42.8 Å². The van der Waals surface area contributed by atoms with Gasteiger partial charge in [0.05, 0.1) is 26.0 Å². The Morgan fingerprint density at radius 3 is 2.76 bits per heavy atom. The van der Waals surface area contributed by atoms with Crippen LogP contribution in [0.15, 0.2) is 48.5 Å². The van der Waals surface area contributed by atoms with Crippen molar-refractivity contribution in [3.05, 3.63) is 76.9 Å². The van der Waals surface area contributed by atoms with E-state index in [4.69, 9.17) is 14.5 Å². The second-order valence-corrected chi connectivity index (χ2v) is 8.28. The quantitative estimate of drug-likeness (QED) is 0.574. The van der Waals surface area contributed by atoms with Gasteiger partial charge in [-0.25, -0.2) is 9.97 Å². The van der Waals surface area contributed by atoms with Crippen LogP contribution in [0.25, 0.3) is 0 Å². The van der Waals surface area contributed by atoms with E-state index in [9.17, 15) is 4.79 Å². The molecule has 1 saturated heterocycles. The largest absolute Gasteiger partial charge is 0.497 e. The molecule has 1 aliphatic rings. The van der Waals surface area contributed by atoms with Crippen molar-refractivity contribution in [1.29, 1.82) is 0 Å². The van der Waals surface area contributed by atoms with Gasteiger partial charge in [0.15, 0.2) is 0 Å². The minimum absolute atomic E-state index is 0.121. The predicted molar refractivity (Wildman–Crippen MR) is 126 cm³/mol. The number of rotatable bonds is 6. The Hall–Kier alpha value is -3.52. The molecule has 0 radical (unpaired) electrons. The third-order valence-electron chi connectivity index (χ3n) is 5.49. The van der Waals surface area contributed by atoms with Crippen molar-refractivity contribution >= 4 is 11.9 Å². The van der Waals surface area contributed by atoms with Crippen molar-refractivity contribution in [2.24, 2.45) is 0 Å². The van der Waals surface area contributed by atoms with E-state index in [2.05, 4.69) is 16.0 Å². The Labute approximate surface area is 194 Å². The molecule has 8 heteroatoms. The Bertz CT molecular complexity index is 1130. The summed E-state index contributed by atoms with van der Waals surface area (Å²) in [4.78, 5) is 30.4. The Kier molecular flexibility index (Phi) is 6.84. The zero-order valence-electron chi connectivity index (χ0n) is 19.5. The number of nitrogens with zero attached hydrogens (tertiary/aromatic N) is 5.